The third-order valence-corrected chi connectivity index (χ3v) is 4.68. The maximum Gasteiger partial charge on any atom is 0.404 e. The Balaban J connectivity index is 2.05. The minimum atomic E-state index is -0.932. The summed E-state index contributed by atoms with van der Waals surface area (Å²) in [6.45, 7) is 4.10. The van der Waals surface area contributed by atoms with Crippen LogP contribution >= 0.6 is 0 Å². The van der Waals surface area contributed by atoms with E-state index in [1.54, 1.807) is 0 Å². The zero-order valence-corrected chi connectivity index (χ0v) is 16.4. The fourth-order valence-electron chi connectivity index (χ4n) is 3.24. The Bertz CT molecular complexity index is 584. The van der Waals surface area contributed by atoms with Gasteiger partial charge in [0.25, 0.3) is 0 Å². The van der Waals surface area contributed by atoms with Gasteiger partial charge in [0.15, 0.2) is 0 Å². The van der Waals surface area contributed by atoms with Crippen LogP contribution in [0.1, 0.15) is 18.4 Å². The minimum Gasteiger partial charge on any atom is -0.492 e. The highest BCUT2D eigenvalue weighted by molar-refractivity contribution is 5.64. The standard InChI is InChI=1S/C19H32N4O3/c1-21(2)12-13-26-18-7-5-6-17(22(3)4)16(18)14-23-10-8-15(9-11-23)20-19(24)25/h5-7,15,20H,8-14H2,1-4H3,(H,24,25). The number of likely N-dealkylation sites (N-methyl/N-ethyl adjacent to an activating group) is 1. The number of anilines is 1. The number of piperidine rings is 1. The molecule has 0 saturated carbocycles. The highest BCUT2D eigenvalue weighted by atomic mass is 16.5. The van der Waals surface area contributed by atoms with Crippen LogP contribution in [0.5, 0.6) is 5.75 Å². The fourth-order valence-corrected chi connectivity index (χ4v) is 3.24. The van der Waals surface area contributed by atoms with Crippen molar-refractivity contribution in [2.45, 2.75) is 25.4 Å². The normalized spacial score (nSPS) is 15.9. The largest absolute Gasteiger partial charge is 0.492 e. The Morgan fingerprint density at radius 2 is 1.96 bits per heavy atom. The van der Waals surface area contributed by atoms with E-state index in [9.17, 15) is 4.79 Å². The summed E-state index contributed by atoms with van der Waals surface area (Å²) in [5.41, 5.74) is 2.36. The fraction of sp³-hybridized carbons (Fsp3) is 0.632. The molecule has 0 unspecified atom stereocenters. The molecule has 1 amide bonds. The molecule has 0 spiro atoms. The summed E-state index contributed by atoms with van der Waals surface area (Å²) in [6.07, 6.45) is 0.749. The van der Waals surface area contributed by atoms with Gasteiger partial charge in [0.2, 0.25) is 0 Å². The van der Waals surface area contributed by atoms with E-state index in [1.807, 2.05) is 40.3 Å². The lowest BCUT2D eigenvalue weighted by atomic mass is 10.0. The number of carbonyl (C=O) groups is 1. The van der Waals surface area contributed by atoms with Gasteiger partial charge in [0.05, 0.1) is 0 Å². The van der Waals surface area contributed by atoms with Gasteiger partial charge in [-0.3, -0.25) is 4.90 Å². The van der Waals surface area contributed by atoms with Crippen LogP contribution in [0, 0.1) is 0 Å². The van der Waals surface area contributed by atoms with Crippen molar-refractivity contribution in [3.8, 4) is 5.75 Å². The Morgan fingerprint density at radius 3 is 2.54 bits per heavy atom. The first-order chi connectivity index (χ1) is 12.4. The van der Waals surface area contributed by atoms with Crippen molar-refractivity contribution in [1.29, 1.82) is 0 Å². The molecule has 1 aromatic carbocycles. The number of likely N-dealkylation sites (tertiary alicyclic amines) is 1. The van der Waals surface area contributed by atoms with E-state index in [0.29, 0.717) is 6.61 Å². The number of amides is 1. The van der Waals surface area contributed by atoms with E-state index in [-0.39, 0.29) is 6.04 Å². The van der Waals surface area contributed by atoms with Gasteiger partial charge in [-0.25, -0.2) is 4.79 Å². The average molecular weight is 364 g/mol. The van der Waals surface area contributed by atoms with Crippen molar-refractivity contribution in [2.75, 3.05) is 59.3 Å². The predicted molar refractivity (Wildman–Crippen MR) is 104 cm³/mol. The number of nitrogens with zero attached hydrogens (tertiary/aromatic N) is 3. The lowest BCUT2D eigenvalue weighted by molar-refractivity contribution is 0.164. The van der Waals surface area contributed by atoms with Crippen LogP contribution in [0.3, 0.4) is 0 Å². The molecule has 7 heteroatoms. The summed E-state index contributed by atoms with van der Waals surface area (Å²) >= 11 is 0. The number of benzene rings is 1. The van der Waals surface area contributed by atoms with E-state index in [4.69, 9.17) is 9.84 Å². The van der Waals surface area contributed by atoms with Crippen molar-refractivity contribution in [3.63, 3.8) is 0 Å². The summed E-state index contributed by atoms with van der Waals surface area (Å²) in [4.78, 5) is 17.4. The summed E-state index contributed by atoms with van der Waals surface area (Å²) in [5.74, 6) is 0.934. The molecule has 2 N–H and O–H groups in total. The molecule has 1 heterocycles. The van der Waals surface area contributed by atoms with Crippen molar-refractivity contribution < 1.29 is 14.6 Å². The molecule has 0 aliphatic carbocycles. The second kappa shape index (κ2) is 9.64. The molecule has 26 heavy (non-hydrogen) atoms. The van der Waals surface area contributed by atoms with Crippen LogP contribution in [0.4, 0.5) is 10.5 Å². The summed E-state index contributed by atoms with van der Waals surface area (Å²) < 4.78 is 6.07. The van der Waals surface area contributed by atoms with Gasteiger partial charge >= 0.3 is 6.09 Å². The number of hydrogen-bond acceptors (Lipinski definition) is 5. The average Bonchev–Trinajstić information content (AvgIpc) is 2.57. The predicted octanol–water partition coefficient (Wildman–Crippen LogP) is 1.92. The van der Waals surface area contributed by atoms with E-state index in [2.05, 4.69) is 26.1 Å². The van der Waals surface area contributed by atoms with Gasteiger partial charge in [0, 0.05) is 57.6 Å². The zero-order chi connectivity index (χ0) is 19.1. The molecule has 7 nitrogen and oxygen atoms in total. The van der Waals surface area contributed by atoms with Crippen LogP contribution in [0.15, 0.2) is 18.2 Å². The quantitative estimate of drug-likeness (QED) is 0.735. The first-order valence-corrected chi connectivity index (χ1v) is 9.15. The third-order valence-electron chi connectivity index (χ3n) is 4.68. The number of hydrogen-bond donors (Lipinski definition) is 2. The number of nitrogens with one attached hydrogen (secondary N) is 1. The number of rotatable bonds is 8. The smallest absolute Gasteiger partial charge is 0.404 e. The summed E-state index contributed by atoms with van der Waals surface area (Å²) in [6, 6.07) is 6.25. The second-order valence-electron chi connectivity index (χ2n) is 7.30. The lowest BCUT2D eigenvalue weighted by Gasteiger charge is -2.33. The topological polar surface area (TPSA) is 68.3 Å². The van der Waals surface area contributed by atoms with E-state index in [0.717, 1.165) is 50.5 Å². The molecular weight excluding hydrogens is 332 g/mol. The maximum atomic E-state index is 10.8. The second-order valence-corrected chi connectivity index (χ2v) is 7.30. The molecule has 1 aromatic rings. The van der Waals surface area contributed by atoms with Crippen LogP contribution in [0.25, 0.3) is 0 Å². The van der Waals surface area contributed by atoms with E-state index < -0.39 is 6.09 Å². The van der Waals surface area contributed by atoms with Crippen LogP contribution < -0.4 is 15.0 Å². The number of carboxylic acid groups (broad SMARTS) is 1. The first-order valence-electron chi connectivity index (χ1n) is 9.15. The molecule has 0 aromatic heterocycles. The Labute approximate surface area is 156 Å². The highest BCUT2D eigenvalue weighted by Crippen LogP contribution is 2.30. The van der Waals surface area contributed by atoms with Gasteiger partial charge in [-0.2, -0.15) is 0 Å². The van der Waals surface area contributed by atoms with Crippen molar-refractivity contribution in [3.05, 3.63) is 23.8 Å². The Hall–Kier alpha value is -1.99. The van der Waals surface area contributed by atoms with Crippen LogP contribution in [-0.2, 0) is 6.54 Å². The van der Waals surface area contributed by atoms with E-state index in [1.165, 1.54) is 5.56 Å². The van der Waals surface area contributed by atoms with Gasteiger partial charge < -0.3 is 25.0 Å². The molecule has 1 aliphatic rings. The molecule has 0 bridgehead atoms. The van der Waals surface area contributed by atoms with Crippen molar-refractivity contribution in [2.24, 2.45) is 0 Å². The molecule has 146 valence electrons. The van der Waals surface area contributed by atoms with Gasteiger partial charge in [-0.15, -0.1) is 0 Å². The van der Waals surface area contributed by atoms with Gasteiger partial charge in [-0.05, 0) is 39.1 Å². The molecule has 0 radical (unpaired) electrons. The lowest BCUT2D eigenvalue weighted by Crippen LogP contribution is -2.44. The van der Waals surface area contributed by atoms with Crippen LogP contribution in [-0.4, -0.2) is 81.5 Å². The molecule has 0 atom stereocenters. The molecule has 1 saturated heterocycles. The Kier molecular flexibility index (Phi) is 7.53. The Morgan fingerprint density at radius 1 is 1.27 bits per heavy atom. The first kappa shape index (κ1) is 20.3. The molecule has 1 aliphatic heterocycles. The SMILES string of the molecule is CN(C)CCOc1cccc(N(C)C)c1CN1CCC(NC(=O)O)CC1. The zero-order valence-electron chi connectivity index (χ0n) is 16.4. The molecule has 1 fully saturated rings. The summed E-state index contributed by atoms with van der Waals surface area (Å²) in [5, 5.41) is 11.5. The maximum absolute atomic E-state index is 10.8. The van der Waals surface area contributed by atoms with Gasteiger partial charge in [0.1, 0.15) is 12.4 Å². The van der Waals surface area contributed by atoms with E-state index >= 15 is 0 Å². The third kappa shape index (κ3) is 6.07. The minimum absolute atomic E-state index is 0.0589. The van der Waals surface area contributed by atoms with Crippen LogP contribution in [0.2, 0.25) is 0 Å². The summed E-state index contributed by atoms with van der Waals surface area (Å²) in [7, 11) is 8.17. The van der Waals surface area contributed by atoms with Crippen molar-refractivity contribution >= 4 is 11.8 Å². The monoisotopic (exact) mass is 364 g/mol. The molecular formula is C19H32N4O3. The number of ether oxygens (including phenoxy) is 1. The van der Waals surface area contributed by atoms with Crippen molar-refractivity contribution in [1.82, 2.24) is 15.1 Å². The molecule has 2 rings (SSSR count). The highest BCUT2D eigenvalue weighted by Gasteiger charge is 2.22. The van der Waals surface area contributed by atoms with Gasteiger partial charge in [-0.1, -0.05) is 6.07 Å².